The van der Waals surface area contributed by atoms with Crippen LogP contribution in [0.5, 0.6) is 5.75 Å². The number of amides is 1. The molecule has 1 aromatic heterocycles. The van der Waals surface area contributed by atoms with Crippen molar-refractivity contribution < 1.29 is 14.6 Å². The topological polar surface area (TPSA) is 102 Å². The second-order valence-corrected chi connectivity index (χ2v) is 4.85. The number of aromatic nitrogens is 2. The van der Waals surface area contributed by atoms with Crippen molar-refractivity contribution in [2.75, 3.05) is 12.3 Å². The Labute approximate surface area is 122 Å². The molecule has 0 radical (unpaired) electrons. The van der Waals surface area contributed by atoms with E-state index in [-0.39, 0.29) is 12.6 Å². The summed E-state index contributed by atoms with van der Waals surface area (Å²) in [6.45, 7) is 1.95. The minimum Gasteiger partial charge on any atom is -0.491 e. The number of aryl methyl sites for hydroxylation is 1. The molecule has 0 saturated heterocycles. The molecule has 7 heteroatoms. The number of nitrogen functional groups attached to an aromatic ring is 1. The number of anilines is 1. The summed E-state index contributed by atoms with van der Waals surface area (Å²) in [4.78, 5) is 10.5. The van der Waals surface area contributed by atoms with Crippen molar-refractivity contribution >= 4 is 11.8 Å². The Balaban J connectivity index is 2.10. The number of ether oxygens (including phenoxy) is 1. The van der Waals surface area contributed by atoms with Crippen molar-refractivity contribution in [3.05, 3.63) is 30.6 Å². The summed E-state index contributed by atoms with van der Waals surface area (Å²) >= 11 is 0. The Morgan fingerprint density at radius 2 is 2.24 bits per heavy atom. The Bertz CT molecular complexity index is 639. The van der Waals surface area contributed by atoms with Crippen LogP contribution >= 0.6 is 0 Å². The lowest BCUT2D eigenvalue weighted by Gasteiger charge is -2.14. The first kappa shape index (κ1) is 14.7. The maximum atomic E-state index is 10.5. The summed E-state index contributed by atoms with van der Waals surface area (Å²) in [5.41, 5.74) is 8.28. The Morgan fingerprint density at radius 3 is 2.86 bits per heavy atom. The van der Waals surface area contributed by atoms with Crippen molar-refractivity contribution in [3.63, 3.8) is 0 Å². The molecule has 0 aliphatic rings. The van der Waals surface area contributed by atoms with Crippen molar-refractivity contribution in [1.29, 1.82) is 0 Å². The number of benzene rings is 1. The van der Waals surface area contributed by atoms with Gasteiger partial charge in [-0.3, -0.25) is 4.68 Å². The molecular formula is C14H18N4O3. The predicted octanol–water partition coefficient (Wildman–Crippen LogP) is 1.70. The van der Waals surface area contributed by atoms with Crippen molar-refractivity contribution in [2.45, 2.75) is 13.0 Å². The standard InChI is InChI=1S/C14H18N4O3/c1-9(17-14(19)20)8-21-13-4-10(3-12(15)5-13)11-6-16-18(2)7-11/h3-7,9,17H,8,15H2,1-2H3,(H,19,20)/t9-/m1/s1. The summed E-state index contributed by atoms with van der Waals surface area (Å²) in [5.74, 6) is 0.591. The largest absolute Gasteiger partial charge is 0.491 e. The number of nitrogens with zero attached hydrogens (tertiary/aromatic N) is 2. The van der Waals surface area contributed by atoms with Crippen LogP contribution in [0.25, 0.3) is 11.1 Å². The van der Waals surface area contributed by atoms with Gasteiger partial charge in [0.15, 0.2) is 0 Å². The van der Waals surface area contributed by atoms with Crippen LogP contribution in [0, 0.1) is 0 Å². The van der Waals surface area contributed by atoms with Gasteiger partial charge in [-0.1, -0.05) is 0 Å². The normalized spacial score (nSPS) is 11.9. The Hall–Kier alpha value is -2.70. The molecule has 2 aromatic rings. The van der Waals surface area contributed by atoms with Crippen molar-refractivity contribution in [3.8, 4) is 16.9 Å². The van der Waals surface area contributed by atoms with Crippen LogP contribution in [0.1, 0.15) is 6.92 Å². The number of hydrogen-bond donors (Lipinski definition) is 3. The van der Waals surface area contributed by atoms with E-state index in [4.69, 9.17) is 15.6 Å². The maximum Gasteiger partial charge on any atom is 0.404 e. The van der Waals surface area contributed by atoms with E-state index in [2.05, 4.69) is 10.4 Å². The molecule has 2 rings (SSSR count). The van der Waals surface area contributed by atoms with Crippen LogP contribution in [-0.2, 0) is 7.05 Å². The molecular weight excluding hydrogens is 272 g/mol. The zero-order valence-electron chi connectivity index (χ0n) is 11.9. The van der Waals surface area contributed by atoms with E-state index in [0.29, 0.717) is 11.4 Å². The molecule has 1 heterocycles. The molecule has 1 atom stereocenters. The fraction of sp³-hybridized carbons (Fsp3) is 0.286. The number of hydrogen-bond acceptors (Lipinski definition) is 4. The molecule has 0 bridgehead atoms. The zero-order chi connectivity index (χ0) is 15.4. The molecule has 112 valence electrons. The highest BCUT2D eigenvalue weighted by atomic mass is 16.5. The molecule has 1 amide bonds. The summed E-state index contributed by atoms with van der Waals surface area (Å²) in [7, 11) is 1.84. The predicted molar refractivity (Wildman–Crippen MR) is 79.2 cm³/mol. The molecule has 0 saturated carbocycles. The summed E-state index contributed by atoms with van der Waals surface area (Å²) < 4.78 is 7.29. The highest BCUT2D eigenvalue weighted by Crippen LogP contribution is 2.27. The van der Waals surface area contributed by atoms with Crippen LogP contribution in [0.4, 0.5) is 10.5 Å². The number of nitrogens with two attached hydrogens (primary N) is 1. The van der Waals surface area contributed by atoms with Gasteiger partial charge in [0.25, 0.3) is 0 Å². The fourth-order valence-electron chi connectivity index (χ4n) is 1.92. The van der Waals surface area contributed by atoms with Gasteiger partial charge in [-0.25, -0.2) is 4.79 Å². The van der Waals surface area contributed by atoms with Crippen LogP contribution in [0.3, 0.4) is 0 Å². The zero-order valence-corrected chi connectivity index (χ0v) is 11.9. The fourth-order valence-corrected chi connectivity index (χ4v) is 1.92. The number of carbonyl (C=O) groups is 1. The average Bonchev–Trinajstić information content (AvgIpc) is 2.82. The molecule has 0 aliphatic heterocycles. The molecule has 7 nitrogen and oxygen atoms in total. The molecule has 0 fully saturated rings. The van der Waals surface area contributed by atoms with Crippen molar-refractivity contribution in [1.82, 2.24) is 15.1 Å². The van der Waals surface area contributed by atoms with Crippen LogP contribution in [0.2, 0.25) is 0 Å². The molecule has 21 heavy (non-hydrogen) atoms. The van der Waals surface area contributed by atoms with Gasteiger partial charge in [0.1, 0.15) is 12.4 Å². The van der Waals surface area contributed by atoms with Crippen molar-refractivity contribution in [2.24, 2.45) is 7.05 Å². The summed E-state index contributed by atoms with van der Waals surface area (Å²) in [5, 5.41) is 15.1. The van der Waals surface area contributed by atoms with E-state index in [9.17, 15) is 4.79 Å². The van der Waals surface area contributed by atoms with Gasteiger partial charge in [0, 0.05) is 30.6 Å². The Kier molecular flexibility index (Phi) is 4.32. The summed E-state index contributed by atoms with van der Waals surface area (Å²) in [6, 6.07) is 5.07. The van der Waals surface area contributed by atoms with Gasteiger partial charge in [-0.15, -0.1) is 0 Å². The second kappa shape index (κ2) is 6.17. The molecule has 0 spiro atoms. The lowest BCUT2D eigenvalue weighted by atomic mass is 10.1. The molecule has 0 unspecified atom stereocenters. The number of nitrogens with one attached hydrogen (secondary N) is 1. The van der Waals surface area contributed by atoms with E-state index in [1.165, 1.54) is 0 Å². The summed E-state index contributed by atoms with van der Waals surface area (Å²) in [6.07, 6.45) is 2.55. The quantitative estimate of drug-likeness (QED) is 0.727. The van der Waals surface area contributed by atoms with Crippen LogP contribution in [-0.4, -0.2) is 33.6 Å². The molecule has 0 aliphatic carbocycles. The van der Waals surface area contributed by atoms with Gasteiger partial charge in [-0.05, 0) is 24.6 Å². The van der Waals surface area contributed by atoms with E-state index < -0.39 is 6.09 Å². The van der Waals surface area contributed by atoms with Gasteiger partial charge in [-0.2, -0.15) is 5.10 Å². The van der Waals surface area contributed by atoms with Gasteiger partial charge in [0.2, 0.25) is 0 Å². The maximum absolute atomic E-state index is 10.5. The van der Waals surface area contributed by atoms with Crippen LogP contribution < -0.4 is 15.8 Å². The number of rotatable bonds is 5. The third-order valence-electron chi connectivity index (χ3n) is 2.84. The third kappa shape index (κ3) is 4.13. The van der Waals surface area contributed by atoms with Gasteiger partial charge < -0.3 is 20.9 Å². The molecule has 4 N–H and O–H groups in total. The Morgan fingerprint density at radius 1 is 1.48 bits per heavy atom. The smallest absolute Gasteiger partial charge is 0.404 e. The monoisotopic (exact) mass is 290 g/mol. The second-order valence-electron chi connectivity index (χ2n) is 4.85. The highest BCUT2D eigenvalue weighted by molar-refractivity contribution is 5.68. The first-order chi connectivity index (χ1) is 9.94. The lowest BCUT2D eigenvalue weighted by Crippen LogP contribution is -2.35. The third-order valence-corrected chi connectivity index (χ3v) is 2.84. The van der Waals surface area contributed by atoms with E-state index in [1.807, 2.05) is 25.4 Å². The SMILES string of the molecule is C[C@H](COc1cc(N)cc(-c2cnn(C)c2)c1)NC(=O)O. The number of carboxylic acid groups (broad SMARTS) is 1. The minimum atomic E-state index is -1.07. The van der Waals surface area contributed by atoms with Gasteiger partial charge in [0.05, 0.1) is 12.2 Å². The molecule has 1 aromatic carbocycles. The lowest BCUT2D eigenvalue weighted by molar-refractivity contribution is 0.183. The average molecular weight is 290 g/mol. The highest BCUT2D eigenvalue weighted by Gasteiger charge is 2.08. The van der Waals surface area contributed by atoms with Crippen LogP contribution in [0.15, 0.2) is 30.6 Å². The first-order valence-electron chi connectivity index (χ1n) is 6.46. The van der Waals surface area contributed by atoms with Gasteiger partial charge >= 0.3 is 6.09 Å². The first-order valence-corrected chi connectivity index (χ1v) is 6.46. The van der Waals surface area contributed by atoms with E-state index in [1.54, 1.807) is 23.9 Å². The minimum absolute atomic E-state index is 0.224. The van der Waals surface area contributed by atoms with E-state index >= 15 is 0 Å². The van der Waals surface area contributed by atoms with E-state index in [0.717, 1.165) is 11.1 Å².